The summed E-state index contributed by atoms with van der Waals surface area (Å²) in [4.78, 5) is 25.1. The summed E-state index contributed by atoms with van der Waals surface area (Å²) >= 11 is 0. The summed E-state index contributed by atoms with van der Waals surface area (Å²) in [5.74, 6) is 0.208. The highest BCUT2D eigenvalue weighted by Gasteiger charge is 2.23. The minimum absolute atomic E-state index is 0. The fourth-order valence-electron chi connectivity index (χ4n) is 2.38. The van der Waals surface area contributed by atoms with E-state index < -0.39 is 0 Å². The van der Waals surface area contributed by atoms with E-state index in [4.69, 9.17) is 10.2 Å². The molecule has 0 aliphatic rings. The maximum Gasteiger partial charge on any atom is 0.242 e. The van der Waals surface area contributed by atoms with Crippen molar-refractivity contribution in [1.82, 2.24) is 10.2 Å². The van der Waals surface area contributed by atoms with Crippen LogP contribution >= 0.6 is 12.4 Å². The summed E-state index contributed by atoms with van der Waals surface area (Å²) < 4.78 is 5.81. The van der Waals surface area contributed by atoms with E-state index in [-0.39, 0.29) is 43.4 Å². The third-order valence-electron chi connectivity index (χ3n) is 3.61. The summed E-state index contributed by atoms with van der Waals surface area (Å²) in [7, 11) is 0. The van der Waals surface area contributed by atoms with Crippen LogP contribution in [0, 0.1) is 0 Å². The molecule has 0 saturated carbocycles. The number of para-hydroxylation sites is 1. The van der Waals surface area contributed by atoms with Crippen molar-refractivity contribution >= 4 is 35.2 Å². The summed E-state index contributed by atoms with van der Waals surface area (Å²) in [5.41, 5.74) is 6.00. The first-order chi connectivity index (χ1) is 10.6. The van der Waals surface area contributed by atoms with Crippen LogP contribution in [0.2, 0.25) is 0 Å². The van der Waals surface area contributed by atoms with Gasteiger partial charge in [-0.1, -0.05) is 18.2 Å². The van der Waals surface area contributed by atoms with Crippen LogP contribution in [0.5, 0.6) is 0 Å². The second-order valence-corrected chi connectivity index (χ2v) is 5.02. The number of furan rings is 1. The molecule has 126 valence electrons. The molecule has 0 fully saturated rings. The largest absolute Gasteiger partial charge is 0.459 e. The summed E-state index contributed by atoms with van der Waals surface area (Å²) in [5, 5.41) is 3.50. The number of fused-ring (bicyclic) bond motifs is 1. The van der Waals surface area contributed by atoms with Gasteiger partial charge in [-0.3, -0.25) is 9.59 Å². The molecule has 7 heteroatoms. The highest BCUT2D eigenvalue weighted by molar-refractivity contribution is 5.86. The average Bonchev–Trinajstić information content (AvgIpc) is 2.97. The molecular weight excluding hydrogens is 318 g/mol. The number of nitrogens with two attached hydrogens (primary N) is 1. The van der Waals surface area contributed by atoms with Gasteiger partial charge in [-0.2, -0.15) is 0 Å². The molecule has 0 spiro atoms. The Kier molecular flexibility index (Phi) is 7.06. The summed E-state index contributed by atoms with van der Waals surface area (Å²) in [6.07, 6.45) is 0. The van der Waals surface area contributed by atoms with Crippen LogP contribution in [-0.4, -0.2) is 36.3 Å². The normalized spacial score (nSPS) is 11.6. The van der Waals surface area contributed by atoms with Gasteiger partial charge in [-0.25, -0.2) is 0 Å². The lowest BCUT2D eigenvalue weighted by molar-refractivity contribution is -0.134. The van der Waals surface area contributed by atoms with Gasteiger partial charge in [-0.05, 0) is 26.0 Å². The Bertz CT molecular complexity index is 638. The maximum atomic E-state index is 12.3. The number of amides is 2. The van der Waals surface area contributed by atoms with Gasteiger partial charge in [0.2, 0.25) is 11.8 Å². The van der Waals surface area contributed by atoms with Gasteiger partial charge in [0.05, 0.1) is 19.1 Å². The van der Waals surface area contributed by atoms with Crippen molar-refractivity contribution in [2.75, 3.05) is 19.6 Å². The number of rotatable bonds is 6. The summed E-state index contributed by atoms with van der Waals surface area (Å²) in [6.45, 7) is 4.13. The molecule has 1 unspecified atom stereocenters. The lowest BCUT2D eigenvalue weighted by Crippen LogP contribution is -2.42. The van der Waals surface area contributed by atoms with E-state index in [9.17, 15) is 9.59 Å². The Morgan fingerprint density at radius 3 is 2.65 bits per heavy atom. The monoisotopic (exact) mass is 339 g/mol. The number of carbonyl (C=O) groups is 2. The van der Waals surface area contributed by atoms with Crippen molar-refractivity contribution in [2.24, 2.45) is 5.73 Å². The van der Waals surface area contributed by atoms with E-state index in [1.807, 2.05) is 44.2 Å². The van der Waals surface area contributed by atoms with Crippen molar-refractivity contribution in [3.8, 4) is 0 Å². The average molecular weight is 340 g/mol. The predicted molar refractivity (Wildman–Crippen MR) is 91.3 cm³/mol. The topological polar surface area (TPSA) is 88.6 Å². The van der Waals surface area contributed by atoms with Gasteiger partial charge >= 0.3 is 0 Å². The molecule has 0 bridgehead atoms. The third-order valence-corrected chi connectivity index (χ3v) is 3.61. The first-order valence-corrected chi connectivity index (χ1v) is 7.31. The van der Waals surface area contributed by atoms with Gasteiger partial charge < -0.3 is 20.4 Å². The van der Waals surface area contributed by atoms with Gasteiger partial charge in [0.15, 0.2) is 0 Å². The van der Waals surface area contributed by atoms with Crippen LogP contribution in [0.15, 0.2) is 34.7 Å². The Labute approximate surface area is 141 Å². The summed E-state index contributed by atoms with van der Waals surface area (Å²) in [6, 6.07) is 9.44. The van der Waals surface area contributed by atoms with Crippen molar-refractivity contribution in [3.05, 3.63) is 36.1 Å². The van der Waals surface area contributed by atoms with Crippen LogP contribution in [0.25, 0.3) is 11.0 Å². The lowest BCUT2D eigenvalue weighted by Gasteiger charge is -2.26. The minimum Gasteiger partial charge on any atom is -0.459 e. The molecule has 1 aromatic carbocycles. The molecule has 3 N–H and O–H groups in total. The smallest absolute Gasteiger partial charge is 0.242 e. The molecule has 6 nitrogen and oxygen atoms in total. The van der Waals surface area contributed by atoms with E-state index in [0.29, 0.717) is 6.54 Å². The van der Waals surface area contributed by atoms with Crippen molar-refractivity contribution in [2.45, 2.75) is 19.9 Å². The Hall–Kier alpha value is -2.05. The number of hydrogen-bond acceptors (Lipinski definition) is 4. The first kappa shape index (κ1) is 19.0. The second-order valence-electron chi connectivity index (χ2n) is 5.02. The highest BCUT2D eigenvalue weighted by atomic mass is 35.5. The molecule has 0 aliphatic heterocycles. The number of nitrogens with one attached hydrogen (secondary N) is 1. The quantitative estimate of drug-likeness (QED) is 0.840. The first-order valence-electron chi connectivity index (χ1n) is 7.31. The van der Waals surface area contributed by atoms with Crippen LogP contribution in [0.1, 0.15) is 25.6 Å². The fraction of sp³-hybridized carbons (Fsp3) is 0.375. The maximum absolute atomic E-state index is 12.3. The van der Waals surface area contributed by atoms with Crippen LogP contribution < -0.4 is 11.1 Å². The number of hydrogen-bond donors (Lipinski definition) is 2. The molecule has 2 rings (SSSR count). The van der Waals surface area contributed by atoms with E-state index in [2.05, 4.69) is 5.32 Å². The van der Waals surface area contributed by atoms with Crippen LogP contribution in [0.4, 0.5) is 0 Å². The van der Waals surface area contributed by atoms with E-state index in [0.717, 1.165) is 16.7 Å². The molecule has 0 radical (unpaired) electrons. The predicted octanol–water partition coefficient (Wildman–Crippen LogP) is 1.84. The lowest BCUT2D eigenvalue weighted by atomic mass is 10.2. The van der Waals surface area contributed by atoms with Crippen LogP contribution in [-0.2, 0) is 9.59 Å². The Morgan fingerprint density at radius 2 is 2.04 bits per heavy atom. The van der Waals surface area contributed by atoms with Gasteiger partial charge in [-0.15, -0.1) is 12.4 Å². The molecule has 23 heavy (non-hydrogen) atoms. The van der Waals surface area contributed by atoms with Crippen molar-refractivity contribution in [1.29, 1.82) is 0 Å². The van der Waals surface area contributed by atoms with Gasteiger partial charge in [0.25, 0.3) is 0 Å². The molecular formula is C16H22ClN3O3. The van der Waals surface area contributed by atoms with E-state index >= 15 is 0 Å². The zero-order valence-electron chi connectivity index (χ0n) is 13.2. The van der Waals surface area contributed by atoms with Crippen molar-refractivity contribution < 1.29 is 14.0 Å². The van der Waals surface area contributed by atoms with E-state index in [1.165, 1.54) is 0 Å². The highest BCUT2D eigenvalue weighted by Crippen LogP contribution is 2.27. The van der Waals surface area contributed by atoms with Gasteiger partial charge in [0.1, 0.15) is 11.3 Å². The Balaban J connectivity index is 0.00000264. The standard InChI is InChI=1S/C16H21N3O3.ClH/c1-3-19(16(21)10-18-15(20)9-17)11(2)14-8-12-6-4-5-7-13(12)22-14;/h4-8,11H,3,9-10,17H2,1-2H3,(H,18,20);1H. The van der Waals surface area contributed by atoms with Gasteiger partial charge in [0, 0.05) is 11.9 Å². The molecule has 1 heterocycles. The molecule has 0 saturated heterocycles. The number of benzene rings is 1. The number of halogens is 1. The second kappa shape index (κ2) is 8.55. The minimum atomic E-state index is -0.346. The van der Waals surface area contributed by atoms with Crippen molar-refractivity contribution in [3.63, 3.8) is 0 Å². The SMILES string of the molecule is CCN(C(=O)CNC(=O)CN)C(C)c1cc2ccccc2o1.Cl. The number of nitrogens with zero attached hydrogens (tertiary/aromatic N) is 1. The Morgan fingerprint density at radius 1 is 1.35 bits per heavy atom. The zero-order valence-corrected chi connectivity index (χ0v) is 14.1. The molecule has 1 aromatic heterocycles. The number of likely N-dealkylation sites (N-methyl/N-ethyl adjacent to an activating group) is 1. The molecule has 1 atom stereocenters. The fourth-order valence-corrected chi connectivity index (χ4v) is 2.38. The zero-order chi connectivity index (χ0) is 16.1. The molecule has 2 amide bonds. The molecule has 0 aliphatic carbocycles. The van der Waals surface area contributed by atoms with E-state index in [1.54, 1.807) is 4.90 Å². The van der Waals surface area contributed by atoms with Crippen LogP contribution in [0.3, 0.4) is 0 Å². The third kappa shape index (κ3) is 4.46. The molecule has 2 aromatic rings. The number of carbonyl (C=O) groups excluding carboxylic acids is 2.